The highest BCUT2D eigenvalue weighted by molar-refractivity contribution is 5.48. The first-order valence-corrected chi connectivity index (χ1v) is 4.30. The average Bonchev–Trinajstić information content (AvgIpc) is 2.02. The Morgan fingerprint density at radius 2 is 2.33 bits per heavy atom. The molecule has 2 rings (SSSR count). The standard InChI is InChI=1S/C9H13N3/c10-7-8-6-9(2-3-11-8)12-4-1-5-12/h2-3,6H,1,4-5,7,10H2. The highest BCUT2D eigenvalue weighted by Gasteiger charge is 2.14. The van der Waals surface area contributed by atoms with Crippen molar-refractivity contribution in [1.29, 1.82) is 0 Å². The number of aromatic nitrogens is 1. The zero-order chi connectivity index (χ0) is 8.39. The largest absolute Gasteiger partial charge is 0.371 e. The molecule has 3 nitrogen and oxygen atoms in total. The molecule has 2 N–H and O–H groups in total. The van der Waals surface area contributed by atoms with Gasteiger partial charge < -0.3 is 10.6 Å². The molecule has 1 aromatic rings. The number of anilines is 1. The summed E-state index contributed by atoms with van der Waals surface area (Å²) in [6.07, 6.45) is 3.14. The van der Waals surface area contributed by atoms with Crippen molar-refractivity contribution < 1.29 is 0 Å². The zero-order valence-electron chi connectivity index (χ0n) is 7.03. The van der Waals surface area contributed by atoms with Crippen LogP contribution in [0, 0.1) is 0 Å². The first kappa shape index (κ1) is 7.55. The average molecular weight is 163 g/mol. The van der Waals surface area contributed by atoms with E-state index in [1.54, 1.807) is 0 Å². The summed E-state index contributed by atoms with van der Waals surface area (Å²) in [6.45, 7) is 2.88. The van der Waals surface area contributed by atoms with E-state index in [0.717, 1.165) is 5.69 Å². The van der Waals surface area contributed by atoms with Crippen LogP contribution in [-0.2, 0) is 6.54 Å². The molecular formula is C9H13N3. The zero-order valence-corrected chi connectivity index (χ0v) is 7.03. The Bertz CT molecular complexity index is 268. The molecule has 0 saturated carbocycles. The van der Waals surface area contributed by atoms with Crippen molar-refractivity contribution >= 4 is 5.69 Å². The molecule has 12 heavy (non-hydrogen) atoms. The second kappa shape index (κ2) is 3.11. The normalized spacial score (nSPS) is 15.9. The molecule has 1 aliphatic heterocycles. The molecule has 0 unspecified atom stereocenters. The Hall–Kier alpha value is -1.09. The summed E-state index contributed by atoms with van der Waals surface area (Å²) in [5.41, 5.74) is 7.73. The van der Waals surface area contributed by atoms with Gasteiger partial charge in [-0.2, -0.15) is 0 Å². The van der Waals surface area contributed by atoms with E-state index in [0.29, 0.717) is 6.54 Å². The van der Waals surface area contributed by atoms with Crippen LogP contribution in [0.15, 0.2) is 18.3 Å². The predicted molar refractivity (Wildman–Crippen MR) is 49.0 cm³/mol. The maximum atomic E-state index is 5.50. The molecule has 0 bridgehead atoms. The minimum Gasteiger partial charge on any atom is -0.371 e. The van der Waals surface area contributed by atoms with Gasteiger partial charge in [0.25, 0.3) is 0 Å². The fourth-order valence-electron chi connectivity index (χ4n) is 1.35. The van der Waals surface area contributed by atoms with Gasteiger partial charge in [0.1, 0.15) is 0 Å². The molecule has 0 amide bonds. The summed E-state index contributed by atoms with van der Waals surface area (Å²) < 4.78 is 0. The molecule has 1 aliphatic rings. The lowest BCUT2D eigenvalue weighted by Gasteiger charge is -2.33. The molecule has 1 saturated heterocycles. The van der Waals surface area contributed by atoms with Crippen molar-refractivity contribution in [1.82, 2.24) is 4.98 Å². The lowest BCUT2D eigenvalue weighted by molar-refractivity contribution is 0.617. The molecule has 64 valence electrons. The third kappa shape index (κ3) is 1.28. The number of nitrogens with zero attached hydrogens (tertiary/aromatic N) is 2. The van der Waals surface area contributed by atoms with E-state index in [1.165, 1.54) is 25.2 Å². The quantitative estimate of drug-likeness (QED) is 0.699. The van der Waals surface area contributed by atoms with Gasteiger partial charge in [-0.15, -0.1) is 0 Å². The van der Waals surface area contributed by atoms with E-state index in [1.807, 2.05) is 12.3 Å². The molecule has 0 radical (unpaired) electrons. The highest BCUT2D eigenvalue weighted by Crippen LogP contribution is 2.19. The van der Waals surface area contributed by atoms with E-state index in [9.17, 15) is 0 Å². The van der Waals surface area contributed by atoms with Crippen molar-refractivity contribution in [2.24, 2.45) is 5.73 Å². The topological polar surface area (TPSA) is 42.1 Å². The van der Waals surface area contributed by atoms with E-state index in [-0.39, 0.29) is 0 Å². The van der Waals surface area contributed by atoms with Gasteiger partial charge in [-0.25, -0.2) is 0 Å². The second-order valence-corrected chi connectivity index (χ2v) is 3.05. The Morgan fingerprint density at radius 3 is 2.92 bits per heavy atom. The van der Waals surface area contributed by atoms with Gasteiger partial charge in [-0.3, -0.25) is 4.98 Å². The Kier molecular flexibility index (Phi) is 1.96. The summed E-state index contributed by atoms with van der Waals surface area (Å²) >= 11 is 0. The molecule has 0 aliphatic carbocycles. The molecule has 0 spiro atoms. The van der Waals surface area contributed by atoms with Gasteiger partial charge >= 0.3 is 0 Å². The number of hydrogen-bond acceptors (Lipinski definition) is 3. The molecule has 1 aromatic heterocycles. The van der Waals surface area contributed by atoms with Crippen LogP contribution < -0.4 is 10.6 Å². The monoisotopic (exact) mass is 163 g/mol. The van der Waals surface area contributed by atoms with Gasteiger partial charge in [-0.05, 0) is 18.6 Å². The van der Waals surface area contributed by atoms with E-state index < -0.39 is 0 Å². The number of hydrogen-bond donors (Lipinski definition) is 1. The second-order valence-electron chi connectivity index (χ2n) is 3.05. The van der Waals surface area contributed by atoms with Gasteiger partial charge in [-0.1, -0.05) is 0 Å². The van der Waals surface area contributed by atoms with Crippen LogP contribution in [0.5, 0.6) is 0 Å². The van der Waals surface area contributed by atoms with Crippen LogP contribution in [0.4, 0.5) is 5.69 Å². The molecule has 0 aromatic carbocycles. The minimum absolute atomic E-state index is 0.529. The smallest absolute Gasteiger partial charge is 0.0560 e. The molecular weight excluding hydrogens is 150 g/mol. The van der Waals surface area contributed by atoms with Gasteiger partial charge in [0.05, 0.1) is 5.69 Å². The maximum absolute atomic E-state index is 5.50. The van der Waals surface area contributed by atoms with Crippen LogP contribution in [0.1, 0.15) is 12.1 Å². The Balaban J connectivity index is 2.19. The van der Waals surface area contributed by atoms with Crippen molar-refractivity contribution in [2.75, 3.05) is 18.0 Å². The van der Waals surface area contributed by atoms with E-state index >= 15 is 0 Å². The first-order valence-electron chi connectivity index (χ1n) is 4.30. The molecule has 2 heterocycles. The molecule has 3 heteroatoms. The van der Waals surface area contributed by atoms with Gasteiger partial charge in [0, 0.05) is 31.5 Å². The lowest BCUT2D eigenvalue weighted by atomic mass is 10.2. The summed E-state index contributed by atoms with van der Waals surface area (Å²) in [6, 6.07) is 4.11. The number of pyridine rings is 1. The first-order chi connectivity index (χ1) is 5.90. The minimum atomic E-state index is 0.529. The number of nitrogens with two attached hydrogens (primary N) is 1. The highest BCUT2D eigenvalue weighted by atomic mass is 15.2. The van der Waals surface area contributed by atoms with E-state index in [2.05, 4.69) is 16.0 Å². The lowest BCUT2D eigenvalue weighted by Crippen LogP contribution is -2.37. The Morgan fingerprint density at radius 1 is 1.50 bits per heavy atom. The van der Waals surface area contributed by atoms with Crippen molar-refractivity contribution in [3.63, 3.8) is 0 Å². The van der Waals surface area contributed by atoms with Gasteiger partial charge in [0.2, 0.25) is 0 Å². The van der Waals surface area contributed by atoms with Crippen LogP contribution in [0.3, 0.4) is 0 Å². The van der Waals surface area contributed by atoms with E-state index in [4.69, 9.17) is 5.73 Å². The number of rotatable bonds is 2. The molecule has 0 atom stereocenters. The molecule has 1 fully saturated rings. The summed E-state index contributed by atoms with van der Waals surface area (Å²) in [5, 5.41) is 0. The third-order valence-corrected chi connectivity index (χ3v) is 2.23. The van der Waals surface area contributed by atoms with Crippen molar-refractivity contribution in [3.05, 3.63) is 24.0 Å². The fourth-order valence-corrected chi connectivity index (χ4v) is 1.35. The Labute approximate surface area is 72.2 Å². The van der Waals surface area contributed by atoms with Crippen molar-refractivity contribution in [2.45, 2.75) is 13.0 Å². The van der Waals surface area contributed by atoms with Gasteiger partial charge in [0.15, 0.2) is 0 Å². The van der Waals surface area contributed by atoms with Crippen molar-refractivity contribution in [3.8, 4) is 0 Å². The van der Waals surface area contributed by atoms with Crippen LogP contribution >= 0.6 is 0 Å². The fraction of sp³-hybridized carbons (Fsp3) is 0.444. The third-order valence-electron chi connectivity index (χ3n) is 2.23. The SMILES string of the molecule is NCc1cc(N2CCC2)ccn1. The summed E-state index contributed by atoms with van der Waals surface area (Å²) in [4.78, 5) is 6.48. The van der Waals surface area contributed by atoms with Crippen LogP contribution in [-0.4, -0.2) is 18.1 Å². The maximum Gasteiger partial charge on any atom is 0.0560 e. The summed E-state index contributed by atoms with van der Waals surface area (Å²) in [7, 11) is 0. The van der Waals surface area contributed by atoms with Crippen LogP contribution in [0.25, 0.3) is 0 Å². The van der Waals surface area contributed by atoms with Crippen LogP contribution in [0.2, 0.25) is 0 Å². The summed E-state index contributed by atoms with van der Waals surface area (Å²) in [5.74, 6) is 0. The predicted octanol–water partition coefficient (Wildman–Crippen LogP) is 0.750.